The molecule has 0 saturated carbocycles. The van der Waals surface area contributed by atoms with Crippen molar-refractivity contribution in [1.82, 2.24) is 0 Å². The number of hydrogen-bond donors (Lipinski definition) is 0. The molecule has 0 atom stereocenters. The van der Waals surface area contributed by atoms with Crippen LogP contribution in [-0.2, 0) is 6.42 Å². The van der Waals surface area contributed by atoms with Crippen molar-refractivity contribution in [2.45, 2.75) is 33.1 Å². The molecule has 5 rings (SSSR count). The van der Waals surface area contributed by atoms with E-state index in [4.69, 9.17) is 0 Å². The van der Waals surface area contributed by atoms with Gasteiger partial charge in [0.05, 0.1) is 0 Å². The van der Waals surface area contributed by atoms with Crippen molar-refractivity contribution in [3.05, 3.63) is 82.0 Å². The first-order valence-electron chi connectivity index (χ1n) is 9.96. The predicted molar refractivity (Wildman–Crippen MR) is 124 cm³/mol. The zero-order valence-electron chi connectivity index (χ0n) is 16.2. The van der Waals surface area contributed by atoms with Crippen molar-refractivity contribution in [3.8, 4) is 0 Å². The van der Waals surface area contributed by atoms with E-state index < -0.39 is 0 Å². The third-order valence-corrected chi connectivity index (χ3v) is 6.86. The molecule has 0 unspecified atom stereocenters. The van der Waals surface area contributed by atoms with Gasteiger partial charge in [0.2, 0.25) is 0 Å². The second-order valence-corrected chi connectivity index (χ2v) is 8.79. The topological polar surface area (TPSA) is 17.1 Å². The lowest BCUT2D eigenvalue weighted by Gasteiger charge is -2.08. The highest BCUT2D eigenvalue weighted by Crippen LogP contribution is 2.32. The van der Waals surface area contributed by atoms with Crippen molar-refractivity contribution in [2.24, 2.45) is 0 Å². The zero-order valence-corrected chi connectivity index (χ0v) is 17.0. The molecule has 0 aliphatic carbocycles. The van der Waals surface area contributed by atoms with E-state index >= 15 is 0 Å². The number of fused-ring (bicyclic) bond motifs is 4. The molecule has 138 valence electrons. The molecule has 5 aromatic rings. The van der Waals surface area contributed by atoms with Gasteiger partial charge in [0, 0.05) is 20.2 Å². The third-order valence-electron chi connectivity index (χ3n) is 5.73. The van der Waals surface area contributed by atoms with Gasteiger partial charge in [-0.25, -0.2) is 0 Å². The van der Waals surface area contributed by atoms with E-state index in [9.17, 15) is 4.79 Å². The molecular formula is C26H22OS. The minimum atomic E-state index is 0.161. The molecule has 0 saturated heterocycles. The molecule has 1 heterocycles. The van der Waals surface area contributed by atoms with Gasteiger partial charge in [-0.15, -0.1) is 11.3 Å². The predicted octanol–water partition coefficient (Wildman–Crippen LogP) is 7.37. The van der Waals surface area contributed by atoms with E-state index in [0.29, 0.717) is 0 Å². The molecular weight excluding hydrogens is 360 g/mol. The van der Waals surface area contributed by atoms with E-state index in [1.165, 1.54) is 33.7 Å². The van der Waals surface area contributed by atoms with Gasteiger partial charge in [0.15, 0.2) is 5.43 Å². The Kier molecular flexibility index (Phi) is 4.17. The molecule has 0 fully saturated rings. The van der Waals surface area contributed by atoms with Crippen LogP contribution in [0.3, 0.4) is 0 Å². The van der Waals surface area contributed by atoms with E-state index in [2.05, 4.69) is 74.5 Å². The van der Waals surface area contributed by atoms with E-state index in [-0.39, 0.29) is 5.43 Å². The number of rotatable bonds is 3. The summed E-state index contributed by atoms with van der Waals surface area (Å²) >= 11 is 1.72. The second-order valence-electron chi connectivity index (χ2n) is 7.71. The van der Waals surface area contributed by atoms with Crippen LogP contribution >= 0.6 is 11.3 Å². The average Bonchev–Trinajstić information content (AvgIpc) is 2.71. The summed E-state index contributed by atoms with van der Waals surface area (Å²) in [4.78, 5) is 13.3. The Morgan fingerprint density at radius 2 is 1.57 bits per heavy atom. The molecule has 1 nitrogen and oxygen atoms in total. The molecule has 1 aromatic heterocycles. The summed E-state index contributed by atoms with van der Waals surface area (Å²) in [6.45, 7) is 4.34. The molecule has 0 bridgehead atoms. The highest BCUT2D eigenvalue weighted by Gasteiger charge is 2.10. The van der Waals surface area contributed by atoms with Gasteiger partial charge in [-0.3, -0.25) is 4.79 Å². The molecule has 2 heteroatoms. The van der Waals surface area contributed by atoms with Crippen LogP contribution in [0.15, 0.2) is 65.5 Å². The second kappa shape index (κ2) is 6.72. The Labute approximate surface area is 168 Å². The maximum Gasteiger partial charge on any atom is 0.195 e. The van der Waals surface area contributed by atoms with Crippen LogP contribution in [0.2, 0.25) is 0 Å². The molecule has 0 N–H and O–H groups in total. The molecule has 0 aliphatic heterocycles. The van der Waals surface area contributed by atoms with Gasteiger partial charge in [-0.05, 0) is 88.8 Å². The average molecular weight is 383 g/mol. The fourth-order valence-corrected chi connectivity index (χ4v) is 5.20. The third kappa shape index (κ3) is 2.80. The quantitative estimate of drug-likeness (QED) is 0.298. The molecule has 0 aliphatic rings. The van der Waals surface area contributed by atoms with Crippen LogP contribution < -0.4 is 5.43 Å². The number of benzene rings is 4. The molecule has 28 heavy (non-hydrogen) atoms. The maximum absolute atomic E-state index is 13.3. The van der Waals surface area contributed by atoms with Gasteiger partial charge in [0.1, 0.15) is 0 Å². The van der Waals surface area contributed by atoms with Gasteiger partial charge < -0.3 is 0 Å². The lowest BCUT2D eigenvalue weighted by atomic mass is 9.99. The van der Waals surface area contributed by atoms with Crippen LogP contribution in [0.5, 0.6) is 0 Å². The number of aryl methyl sites for hydroxylation is 2. The SMILES string of the molecule is CCCCc1ccc2sc3cc4cc5cccc(C)c5cc4cc3c(=O)c2c1. The summed E-state index contributed by atoms with van der Waals surface area (Å²) in [5.41, 5.74) is 2.69. The standard InChI is InChI=1S/C26H22OS/c1-3-4-7-17-9-10-24-22(11-17)26(27)23-14-20-13-21-16(2)6-5-8-18(21)12-19(20)15-25(23)28-24/h5-6,8-15H,3-4,7H2,1-2H3. The molecule has 0 amide bonds. The first-order chi connectivity index (χ1) is 13.6. The fourth-order valence-electron chi connectivity index (χ4n) is 4.12. The van der Waals surface area contributed by atoms with Crippen LogP contribution in [0.4, 0.5) is 0 Å². The summed E-state index contributed by atoms with van der Waals surface area (Å²) < 4.78 is 2.15. The van der Waals surface area contributed by atoms with Crippen molar-refractivity contribution in [2.75, 3.05) is 0 Å². The minimum Gasteiger partial charge on any atom is -0.289 e. The smallest absolute Gasteiger partial charge is 0.195 e. The summed E-state index contributed by atoms with van der Waals surface area (Å²) in [7, 11) is 0. The fraction of sp³-hybridized carbons (Fsp3) is 0.192. The van der Waals surface area contributed by atoms with Crippen LogP contribution in [0.1, 0.15) is 30.9 Å². The zero-order chi connectivity index (χ0) is 19.3. The lowest BCUT2D eigenvalue weighted by molar-refractivity contribution is 0.796. The minimum absolute atomic E-state index is 0.161. The summed E-state index contributed by atoms with van der Waals surface area (Å²) in [6, 6.07) is 21.6. The van der Waals surface area contributed by atoms with Gasteiger partial charge in [-0.1, -0.05) is 37.6 Å². The summed E-state index contributed by atoms with van der Waals surface area (Å²) in [6.07, 6.45) is 3.37. The largest absolute Gasteiger partial charge is 0.289 e. The Morgan fingerprint density at radius 1 is 0.786 bits per heavy atom. The maximum atomic E-state index is 13.3. The number of unbranched alkanes of at least 4 members (excludes halogenated alkanes) is 1. The van der Waals surface area contributed by atoms with Gasteiger partial charge in [-0.2, -0.15) is 0 Å². The van der Waals surface area contributed by atoms with Crippen molar-refractivity contribution in [3.63, 3.8) is 0 Å². The molecule has 0 spiro atoms. The van der Waals surface area contributed by atoms with E-state index in [1.807, 2.05) is 0 Å². The molecule has 0 radical (unpaired) electrons. The first kappa shape index (κ1) is 17.4. The highest BCUT2D eigenvalue weighted by molar-refractivity contribution is 7.24. The van der Waals surface area contributed by atoms with Crippen molar-refractivity contribution < 1.29 is 0 Å². The lowest BCUT2D eigenvalue weighted by Crippen LogP contribution is -2.02. The molecule has 4 aromatic carbocycles. The Morgan fingerprint density at radius 3 is 2.43 bits per heavy atom. The first-order valence-corrected chi connectivity index (χ1v) is 10.8. The monoisotopic (exact) mass is 382 g/mol. The van der Waals surface area contributed by atoms with Gasteiger partial charge in [0.25, 0.3) is 0 Å². The van der Waals surface area contributed by atoms with Crippen LogP contribution in [0.25, 0.3) is 41.7 Å². The Bertz CT molecular complexity index is 1430. The Balaban J connectivity index is 1.80. The van der Waals surface area contributed by atoms with Crippen molar-refractivity contribution >= 4 is 53.1 Å². The number of hydrogen-bond acceptors (Lipinski definition) is 2. The van der Waals surface area contributed by atoms with E-state index in [0.717, 1.165) is 38.4 Å². The van der Waals surface area contributed by atoms with Crippen LogP contribution in [-0.4, -0.2) is 0 Å². The van der Waals surface area contributed by atoms with Gasteiger partial charge >= 0.3 is 0 Å². The Hall–Kier alpha value is -2.71. The normalized spacial score (nSPS) is 11.8. The summed E-state index contributed by atoms with van der Waals surface area (Å²) in [5.74, 6) is 0. The summed E-state index contributed by atoms with van der Waals surface area (Å²) in [5, 5.41) is 6.54. The van der Waals surface area contributed by atoms with Crippen molar-refractivity contribution in [1.29, 1.82) is 0 Å². The van der Waals surface area contributed by atoms with E-state index in [1.54, 1.807) is 11.3 Å². The van der Waals surface area contributed by atoms with Crippen LogP contribution in [0, 0.1) is 6.92 Å². The highest BCUT2D eigenvalue weighted by atomic mass is 32.1.